The van der Waals surface area contributed by atoms with Gasteiger partial charge in [0.05, 0.1) is 26.4 Å². The second-order valence-electron chi connectivity index (χ2n) is 6.13. The molecule has 2 N–H and O–H groups in total. The van der Waals surface area contributed by atoms with Crippen LogP contribution in [0.15, 0.2) is 0 Å². The summed E-state index contributed by atoms with van der Waals surface area (Å²) in [6.07, 6.45) is 0. The summed E-state index contributed by atoms with van der Waals surface area (Å²) in [5, 5.41) is 5.35. The third kappa shape index (κ3) is 14.5. The molecule has 0 heterocycles. The van der Waals surface area contributed by atoms with Gasteiger partial charge in [-0.2, -0.15) is 0 Å². The van der Waals surface area contributed by atoms with E-state index in [0.717, 1.165) is 0 Å². The quantitative estimate of drug-likeness (QED) is 0.403. The minimum Gasteiger partial charge on any atom is -0.377 e. The molecule has 25 heavy (non-hydrogen) atoms. The van der Waals surface area contributed by atoms with Crippen LogP contribution in [0.2, 0.25) is 0 Å². The normalized spacial score (nSPS) is 11.0. The summed E-state index contributed by atoms with van der Waals surface area (Å²) in [7, 11) is 0. The van der Waals surface area contributed by atoms with Crippen LogP contribution in [0.3, 0.4) is 0 Å². The molecule has 0 saturated carbocycles. The Labute approximate surface area is 150 Å². The molecule has 0 aromatic carbocycles. The van der Waals surface area contributed by atoms with Crippen molar-refractivity contribution in [2.45, 2.75) is 27.7 Å². The van der Waals surface area contributed by atoms with Gasteiger partial charge in [0.1, 0.15) is 13.2 Å². The number of nitrogens with one attached hydrogen (secondary N) is 2. The van der Waals surface area contributed by atoms with Crippen molar-refractivity contribution in [1.82, 2.24) is 10.6 Å². The summed E-state index contributed by atoms with van der Waals surface area (Å²) >= 11 is 0. The van der Waals surface area contributed by atoms with E-state index in [4.69, 9.17) is 14.2 Å². The lowest BCUT2D eigenvalue weighted by molar-refractivity contribution is -0.128. The van der Waals surface area contributed by atoms with Crippen molar-refractivity contribution in [1.29, 1.82) is 0 Å². The summed E-state index contributed by atoms with van der Waals surface area (Å²) < 4.78 is 15.6. The lowest BCUT2D eigenvalue weighted by Crippen LogP contribution is -2.33. The fourth-order valence-electron chi connectivity index (χ4n) is 1.49. The predicted octanol–water partition coefficient (Wildman–Crippen LogP) is 0.150. The lowest BCUT2D eigenvalue weighted by Gasteiger charge is -2.09. The van der Waals surface area contributed by atoms with E-state index in [9.17, 15) is 14.4 Å². The first-order valence-corrected chi connectivity index (χ1v) is 8.65. The van der Waals surface area contributed by atoms with Gasteiger partial charge < -0.3 is 24.8 Å². The molecule has 0 fully saturated rings. The average Bonchev–Trinajstić information content (AvgIpc) is 2.56. The number of ketones is 1. The molecule has 0 spiro atoms. The molecule has 0 aliphatic carbocycles. The number of hydrogen-bond donors (Lipinski definition) is 2. The Bertz CT molecular complexity index is 399. The van der Waals surface area contributed by atoms with Crippen LogP contribution < -0.4 is 10.6 Å². The summed E-state index contributed by atoms with van der Waals surface area (Å²) in [4.78, 5) is 34.1. The van der Waals surface area contributed by atoms with Crippen molar-refractivity contribution in [2.75, 3.05) is 52.7 Å². The van der Waals surface area contributed by atoms with E-state index in [1.54, 1.807) is 0 Å². The highest BCUT2D eigenvalue weighted by molar-refractivity contribution is 5.81. The van der Waals surface area contributed by atoms with Gasteiger partial charge in [-0.1, -0.05) is 27.7 Å². The third-order valence-electron chi connectivity index (χ3n) is 3.13. The van der Waals surface area contributed by atoms with E-state index in [1.807, 2.05) is 27.7 Å². The van der Waals surface area contributed by atoms with E-state index >= 15 is 0 Å². The van der Waals surface area contributed by atoms with Crippen molar-refractivity contribution in [3.05, 3.63) is 0 Å². The minimum absolute atomic E-state index is 0.0233. The van der Waals surface area contributed by atoms with Gasteiger partial charge in [-0.05, 0) is 0 Å². The maximum absolute atomic E-state index is 11.5. The number of Topliss-reactive ketones (excluding diaryl/α,β-unsaturated/α-hetero) is 1. The Hall–Kier alpha value is -1.51. The van der Waals surface area contributed by atoms with Crippen molar-refractivity contribution in [3.63, 3.8) is 0 Å². The summed E-state index contributed by atoms with van der Waals surface area (Å²) in [6.45, 7) is 9.44. The zero-order valence-electron chi connectivity index (χ0n) is 15.8. The smallest absolute Gasteiger partial charge is 0.246 e. The van der Waals surface area contributed by atoms with E-state index in [-0.39, 0.29) is 49.3 Å². The van der Waals surface area contributed by atoms with Crippen LogP contribution in [0.25, 0.3) is 0 Å². The second kappa shape index (κ2) is 14.8. The molecule has 0 rings (SSSR count). The van der Waals surface area contributed by atoms with Gasteiger partial charge in [0.15, 0.2) is 5.78 Å². The highest BCUT2D eigenvalue weighted by atomic mass is 16.5. The number of ether oxygens (including phenoxy) is 3. The van der Waals surface area contributed by atoms with Gasteiger partial charge in [0, 0.05) is 24.9 Å². The second-order valence-corrected chi connectivity index (χ2v) is 6.13. The van der Waals surface area contributed by atoms with Crippen LogP contribution in [-0.4, -0.2) is 70.3 Å². The average molecular weight is 360 g/mol. The van der Waals surface area contributed by atoms with Crippen LogP contribution in [-0.2, 0) is 28.6 Å². The number of carbonyl (C=O) groups is 3. The first kappa shape index (κ1) is 23.5. The molecule has 0 bridgehead atoms. The standard InChI is InChI=1S/C17H32N2O6/c1-13(2)15(20)11-25-10-9-23-7-5-18-16(21)12-24-8-6-19-17(22)14(3)4/h13-14H,5-12H2,1-4H3,(H,18,21)(H,19,22). The van der Waals surface area contributed by atoms with Crippen molar-refractivity contribution >= 4 is 17.6 Å². The van der Waals surface area contributed by atoms with Crippen LogP contribution in [0.5, 0.6) is 0 Å². The molecule has 0 aromatic rings. The number of hydrogen-bond acceptors (Lipinski definition) is 6. The summed E-state index contributed by atoms with van der Waals surface area (Å²) in [5.74, 6) is -0.300. The van der Waals surface area contributed by atoms with Gasteiger partial charge >= 0.3 is 0 Å². The van der Waals surface area contributed by atoms with Crippen LogP contribution in [0, 0.1) is 11.8 Å². The molecular formula is C17H32N2O6. The topological polar surface area (TPSA) is 103 Å². The van der Waals surface area contributed by atoms with Gasteiger partial charge in [-0.3, -0.25) is 14.4 Å². The minimum atomic E-state index is -0.238. The first-order chi connectivity index (χ1) is 11.8. The predicted molar refractivity (Wildman–Crippen MR) is 93.2 cm³/mol. The molecule has 0 aromatic heterocycles. The monoisotopic (exact) mass is 360 g/mol. The Morgan fingerprint density at radius 1 is 0.720 bits per heavy atom. The van der Waals surface area contributed by atoms with Gasteiger partial charge in [0.25, 0.3) is 0 Å². The Balaban J connectivity index is 3.36. The van der Waals surface area contributed by atoms with Crippen molar-refractivity contribution in [2.24, 2.45) is 11.8 Å². The van der Waals surface area contributed by atoms with Crippen molar-refractivity contribution in [3.8, 4) is 0 Å². The number of carbonyl (C=O) groups excluding carboxylic acids is 3. The SMILES string of the molecule is CC(C)C(=O)COCCOCCNC(=O)COCCNC(=O)C(C)C. The Morgan fingerprint density at radius 2 is 1.28 bits per heavy atom. The van der Waals surface area contributed by atoms with Gasteiger partial charge in [-0.25, -0.2) is 0 Å². The van der Waals surface area contributed by atoms with Crippen LogP contribution in [0.4, 0.5) is 0 Å². The van der Waals surface area contributed by atoms with Gasteiger partial charge in [-0.15, -0.1) is 0 Å². The number of amides is 2. The fourth-order valence-corrected chi connectivity index (χ4v) is 1.49. The van der Waals surface area contributed by atoms with Crippen LogP contribution >= 0.6 is 0 Å². The summed E-state index contributed by atoms with van der Waals surface area (Å²) in [5.41, 5.74) is 0. The highest BCUT2D eigenvalue weighted by Gasteiger charge is 2.07. The molecule has 0 aliphatic rings. The van der Waals surface area contributed by atoms with Crippen molar-refractivity contribution < 1.29 is 28.6 Å². The fraction of sp³-hybridized carbons (Fsp3) is 0.824. The molecule has 146 valence electrons. The lowest BCUT2D eigenvalue weighted by atomic mass is 10.1. The highest BCUT2D eigenvalue weighted by Crippen LogP contribution is 1.94. The maximum atomic E-state index is 11.5. The van der Waals surface area contributed by atoms with E-state index in [1.165, 1.54) is 0 Å². The zero-order valence-corrected chi connectivity index (χ0v) is 15.8. The summed E-state index contributed by atoms with van der Waals surface area (Å²) in [6, 6.07) is 0. The molecule has 8 nitrogen and oxygen atoms in total. The molecule has 0 saturated heterocycles. The number of rotatable bonds is 15. The van der Waals surface area contributed by atoms with E-state index < -0.39 is 0 Å². The molecule has 0 aliphatic heterocycles. The van der Waals surface area contributed by atoms with E-state index in [0.29, 0.717) is 32.9 Å². The van der Waals surface area contributed by atoms with Gasteiger partial charge in [0.2, 0.25) is 11.8 Å². The third-order valence-corrected chi connectivity index (χ3v) is 3.13. The molecular weight excluding hydrogens is 328 g/mol. The zero-order chi connectivity index (χ0) is 19.1. The first-order valence-electron chi connectivity index (χ1n) is 8.65. The Morgan fingerprint density at radius 3 is 1.92 bits per heavy atom. The molecule has 0 unspecified atom stereocenters. The molecule has 0 atom stereocenters. The largest absolute Gasteiger partial charge is 0.377 e. The van der Waals surface area contributed by atoms with Crippen LogP contribution in [0.1, 0.15) is 27.7 Å². The molecule has 8 heteroatoms. The van der Waals surface area contributed by atoms with E-state index in [2.05, 4.69) is 10.6 Å². The Kier molecular flexibility index (Phi) is 13.9. The molecule has 2 amide bonds. The molecule has 0 radical (unpaired) electrons. The maximum Gasteiger partial charge on any atom is 0.246 e.